The molecule has 0 aliphatic carbocycles. The van der Waals surface area contributed by atoms with E-state index >= 15 is 0 Å². The van der Waals surface area contributed by atoms with Crippen molar-refractivity contribution in [3.8, 4) is 11.5 Å². The third-order valence-electron chi connectivity index (χ3n) is 6.20. The van der Waals surface area contributed by atoms with E-state index in [1.54, 1.807) is 11.6 Å². The van der Waals surface area contributed by atoms with Gasteiger partial charge < -0.3 is 30.0 Å². The number of hydrogen-bond donors (Lipinski definition) is 2. The summed E-state index contributed by atoms with van der Waals surface area (Å²) in [5.74, 6) is 0.510. The van der Waals surface area contributed by atoms with Crippen LogP contribution in [0.2, 0.25) is 10.2 Å². The number of likely N-dealkylation sites (N-methyl/N-ethyl adjacent to an activating group) is 1. The number of anilines is 2. The molecule has 1 fully saturated rings. The number of nitrogens with one attached hydrogen (secondary N) is 1. The normalized spacial score (nSPS) is 16.5. The van der Waals surface area contributed by atoms with Crippen LogP contribution in [0.3, 0.4) is 0 Å². The van der Waals surface area contributed by atoms with E-state index in [1.807, 2.05) is 7.05 Å². The number of aromatic nitrogens is 5. The molecule has 0 bridgehead atoms. The van der Waals surface area contributed by atoms with Crippen molar-refractivity contribution in [2.24, 2.45) is 12.8 Å². The van der Waals surface area contributed by atoms with Crippen molar-refractivity contribution < 1.29 is 22.6 Å². The molecule has 40 heavy (non-hydrogen) atoms. The monoisotopic (exact) mass is 594 g/mol. The molecular weight excluding hydrogens is 572 g/mol. The standard InChI is InChI=1S/C25H23Cl2F3N8O2/c1-37-6-3-15(12-37)39-16-8-13(25(28,29)30)7-14(9-16)35-24-36-23-21(38(24)2)19(26)18(11-34-23)40-17(10-31)20-22(27)33-5-4-32-20/h4-5,7-11,15H,3,6,12,31H2,1-2H3,(H,34,35,36)/t15-/m1/s1. The summed E-state index contributed by atoms with van der Waals surface area (Å²) in [6, 6.07) is 3.48. The van der Waals surface area contributed by atoms with Crippen molar-refractivity contribution in [1.82, 2.24) is 29.4 Å². The van der Waals surface area contributed by atoms with Gasteiger partial charge in [0.25, 0.3) is 0 Å². The molecule has 5 rings (SSSR count). The smallest absolute Gasteiger partial charge is 0.416 e. The van der Waals surface area contributed by atoms with Crippen LogP contribution in [0.25, 0.3) is 16.9 Å². The number of rotatable bonds is 7. The first kappa shape index (κ1) is 27.7. The van der Waals surface area contributed by atoms with E-state index in [0.29, 0.717) is 12.1 Å². The highest BCUT2D eigenvalue weighted by atomic mass is 35.5. The molecule has 1 aromatic carbocycles. The zero-order valence-corrected chi connectivity index (χ0v) is 22.7. The number of imidazole rings is 1. The molecule has 3 N–H and O–H groups in total. The average molecular weight is 595 g/mol. The fourth-order valence-corrected chi connectivity index (χ4v) is 4.77. The predicted molar refractivity (Wildman–Crippen MR) is 145 cm³/mol. The quantitative estimate of drug-likeness (QED) is 0.277. The highest BCUT2D eigenvalue weighted by Gasteiger charge is 2.32. The van der Waals surface area contributed by atoms with Gasteiger partial charge in [-0.1, -0.05) is 23.2 Å². The molecule has 210 valence electrons. The van der Waals surface area contributed by atoms with Crippen molar-refractivity contribution >= 4 is 51.8 Å². The van der Waals surface area contributed by atoms with Gasteiger partial charge in [-0.15, -0.1) is 0 Å². The van der Waals surface area contributed by atoms with Crippen molar-refractivity contribution in [2.45, 2.75) is 18.7 Å². The number of benzene rings is 1. The van der Waals surface area contributed by atoms with Crippen LogP contribution in [0.5, 0.6) is 11.5 Å². The molecule has 1 aliphatic heterocycles. The summed E-state index contributed by atoms with van der Waals surface area (Å²) in [7, 11) is 3.56. The molecule has 0 saturated carbocycles. The summed E-state index contributed by atoms with van der Waals surface area (Å²) >= 11 is 12.8. The first-order valence-electron chi connectivity index (χ1n) is 12.0. The number of ether oxygens (including phenoxy) is 2. The van der Waals surface area contributed by atoms with Crippen LogP contribution in [0.4, 0.5) is 24.8 Å². The molecule has 0 spiro atoms. The van der Waals surface area contributed by atoms with E-state index in [0.717, 1.165) is 31.3 Å². The van der Waals surface area contributed by atoms with Crippen LogP contribution in [0.1, 0.15) is 17.7 Å². The molecule has 3 aromatic heterocycles. The van der Waals surface area contributed by atoms with E-state index in [2.05, 4.69) is 30.2 Å². The molecule has 0 radical (unpaired) electrons. The number of nitrogens with zero attached hydrogens (tertiary/aromatic N) is 6. The number of halogens is 5. The number of fused-ring (bicyclic) bond motifs is 1. The highest BCUT2D eigenvalue weighted by Crippen LogP contribution is 2.38. The molecular formula is C25H23Cl2F3N8O2. The summed E-state index contributed by atoms with van der Waals surface area (Å²) in [5, 5.41) is 3.14. The second-order valence-corrected chi connectivity index (χ2v) is 9.83. The summed E-state index contributed by atoms with van der Waals surface area (Å²) in [6.45, 7) is 1.44. The van der Waals surface area contributed by atoms with Gasteiger partial charge in [0.1, 0.15) is 28.1 Å². The Balaban J connectivity index is 1.46. The van der Waals surface area contributed by atoms with Crippen LogP contribution >= 0.6 is 23.2 Å². The van der Waals surface area contributed by atoms with Gasteiger partial charge in [0, 0.05) is 50.5 Å². The average Bonchev–Trinajstić information content (AvgIpc) is 3.45. The van der Waals surface area contributed by atoms with Crippen LogP contribution in [0, 0.1) is 0 Å². The Morgan fingerprint density at radius 1 is 1.15 bits per heavy atom. The molecule has 4 aromatic rings. The maximum atomic E-state index is 13.7. The number of aryl methyl sites for hydroxylation is 1. The van der Waals surface area contributed by atoms with Gasteiger partial charge in [0.2, 0.25) is 5.95 Å². The number of hydrogen-bond acceptors (Lipinski definition) is 9. The van der Waals surface area contributed by atoms with E-state index < -0.39 is 11.7 Å². The minimum Gasteiger partial charge on any atom is -0.489 e. The van der Waals surface area contributed by atoms with Crippen LogP contribution in [-0.2, 0) is 13.2 Å². The SMILES string of the molecule is CN1CC[C@@H](Oc2cc(Nc3nc4ncc(OC(=CN)c5nccnc5Cl)c(Cl)c4n3C)cc(C(F)(F)F)c2)C1. The zero-order chi connectivity index (χ0) is 28.6. The molecule has 10 nitrogen and oxygen atoms in total. The van der Waals surface area contributed by atoms with Crippen LogP contribution in [0.15, 0.2) is 43.0 Å². The molecule has 0 amide bonds. The summed E-state index contributed by atoms with van der Waals surface area (Å²) in [5.41, 5.74) is 5.79. The van der Waals surface area contributed by atoms with Gasteiger partial charge in [0.15, 0.2) is 22.3 Å². The Labute approximate surface area is 236 Å². The molecule has 4 heterocycles. The third kappa shape index (κ3) is 5.71. The van der Waals surface area contributed by atoms with E-state index in [-0.39, 0.29) is 56.5 Å². The molecule has 1 saturated heterocycles. The molecule has 1 aliphatic rings. The zero-order valence-electron chi connectivity index (χ0n) is 21.2. The Bertz CT molecular complexity index is 1590. The van der Waals surface area contributed by atoms with Crippen molar-refractivity contribution in [3.63, 3.8) is 0 Å². The van der Waals surface area contributed by atoms with Crippen LogP contribution < -0.4 is 20.5 Å². The summed E-state index contributed by atoms with van der Waals surface area (Å²) < 4.78 is 54.4. The minimum absolute atomic E-state index is 0.0702. The Hall–Kier alpha value is -3.81. The highest BCUT2D eigenvalue weighted by molar-refractivity contribution is 6.36. The second kappa shape index (κ2) is 11.0. The fourth-order valence-electron chi connectivity index (χ4n) is 4.28. The van der Waals surface area contributed by atoms with Crippen molar-refractivity contribution in [1.29, 1.82) is 0 Å². The second-order valence-electron chi connectivity index (χ2n) is 9.09. The maximum Gasteiger partial charge on any atom is 0.416 e. The lowest BCUT2D eigenvalue weighted by atomic mass is 10.1. The van der Waals surface area contributed by atoms with Gasteiger partial charge in [-0.2, -0.15) is 18.2 Å². The number of nitrogens with two attached hydrogens (primary N) is 1. The number of pyridine rings is 1. The van der Waals surface area contributed by atoms with Gasteiger partial charge in [-0.3, -0.25) is 0 Å². The summed E-state index contributed by atoms with van der Waals surface area (Å²) in [6.07, 6.45) is 1.27. The lowest BCUT2D eigenvalue weighted by Gasteiger charge is -2.17. The van der Waals surface area contributed by atoms with Gasteiger partial charge in [-0.25, -0.2) is 15.0 Å². The lowest BCUT2D eigenvalue weighted by Crippen LogP contribution is -2.21. The predicted octanol–water partition coefficient (Wildman–Crippen LogP) is 5.25. The molecule has 0 unspecified atom stereocenters. The first-order chi connectivity index (χ1) is 19.0. The van der Waals surface area contributed by atoms with Gasteiger partial charge >= 0.3 is 6.18 Å². The van der Waals surface area contributed by atoms with Gasteiger partial charge in [0.05, 0.1) is 11.8 Å². The number of likely N-dealkylation sites (tertiary alicyclic amines) is 1. The Morgan fingerprint density at radius 3 is 2.60 bits per heavy atom. The van der Waals surface area contributed by atoms with Gasteiger partial charge in [-0.05, 0) is 25.6 Å². The van der Waals surface area contributed by atoms with Crippen LogP contribution in [-0.4, -0.2) is 55.6 Å². The van der Waals surface area contributed by atoms with E-state index in [9.17, 15) is 13.2 Å². The summed E-state index contributed by atoms with van der Waals surface area (Å²) in [4.78, 5) is 18.8. The fraction of sp³-hybridized carbons (Fsp3) is 0.280. The van der Waals surface area contributed by atoms with E-state index in [1.165, 1.54) is 24.7 Å². The Kier molecular flexibility index (Phi) is 7.62. The van der Waals surface area contributed by atoms with Crippen molar-refractivity contribution in [3.05, 3.63) is 64.4 Å². The lowest BCUT2D eigenvalue weighted by molar-refractivity contribution is -0.137. The van der Waals surface area contributed by atoms with E-state index in [4.69, 9.17) is 38.4 Å². The largest absolute Gasteiger partial charge is 0.489 e. The number of alkyl halides is 3. The molecule has 1 atom stereocenters. The topological polar surface area (TPSA) is 116 Å². The van der Waals surface area contributed by atoms with Crippen molar-refractivity contribution in [2.75, 3.05) is 25.5 Å². The maximum absolute atomic E-state index is 13.7. The first-order valence-corrected chi connectivity index (χ1v) is 12.7. The minimum atomic E-state index is -4.58. The molecule has 15 heteroatoms. The third-order valence-corrected chi connectivity index (χ3v) is 6.85. The Morgan fingerprint density at radius 2 is 1.93 bits per heavy atom.